The maximum Gasteiger partial charge on any atom is 0.410 e. The number of fused-ring (bicyclic) bond motifs is 2. The Bertz CT molecular complexity index is 1780. The van der Waals surface area contributed by atoms with E-state index in [1.54, 1.807) is 11.1 Å². The summed E-state index contributed by atoms with van der Waals surface area (Å²) in [5, 5.41) is 10.4. The molecule has 2 aromatic heterocycles. The van der Waals surface area contributed by atoms with E-state index in [-0.39, 0.29) is 24.7 Å². The number of amides is 2. The molecule has 2 aromatic carbocycles. The zero-order valence-corrected chi connectivity index (χ0v) is 29.1. The number of aryl methyl sites for hydroxylation is 3. The number of ether oxygens (including phenoxy) is 1. The highest BCUT2D eigenvalue weighted by atomic mass is 35.5. The third-order valence-corrected chi connectivity index (χ3v) is 10.6. The first-order valence-corrected chi connectivity index (χ1v) is 18.2. The van der Waals surface area contributed by atoms with Crippen molar-refractivity contribution in [3.63, 3.8) is 0 Å². The number of aromatic nitrogens is 3. The second kappa shape index (κ2) is 15.7. The minimum Gasteiger partial charge on any atom is -0.446 e. The number of aliphatic hydroxyl groups excluding tert-OH is 1. The van der Waals surface area contributed by atoms with Crippen LogP contribution in [0.4, 0.5) is 4.79 Å². The molecule has 1 N–H and O–H groups in total. The summed E-state index contributed by atoms with van der Waals surface area (Å²) in [6, 6.07) is 19.2. The summed E-state index contributed by atoms with van der Waals surface area (Å²) in [5.74, 6) is 0.481. The zero-order chi connectivity index (χ0) is 34.5. The van der Waals surface area contributed by atoms with E-state index in [0.29, 0.717) is 56.5 Å². The Balaban J connectivity index is 1.21. The molecule has 1 aliphatic heterocycles. The molecule has 2 atom stereocenters. The molecule has 11 heteroatoms. The van der Waals surface area contributed by atoms with Crippen molar-refractivity contribution in [1.82, 2.24) is 29.2 Å². The Morgan fingerprint density at radius 1 is 0.960 bits per heavy atom. The zero-order valence-electron chi connectivity index (χ0n) is 28.4. The Kier molecular flexibility index (Phi) is 10.8. The molecule has 0 bridgehead atoms. The molecule has 3 heterocycles. The van der Waals surface area contributed by atoms with Crippen molar-refractivity contribution < 1.29 is 19.4 Å². The number of benzene rings is 2. The number of carbonyl (C=O) groups is 2. The van der Waals surface area contributed by atoms with Gasteiger partial charge in [-0.1, -0.05) is 54.1 Å². The molecule has 4 aromatic rings. The summed E-state index contributed by atoms with van der Waals surface area (Å²) >= 11 is 6.50. The summed E-state index contributed by atoms with van der Waals surface area (Å²) in [7, 11) is 0. The second-order valence-electron chi connectivity index (χ2n) is 13.6. The molecule has 3 aliphatic rings. The fraction of sp³-hybridized carbons (Fsp3) is 0.436. The maximum atomic E-state index is 15.0. The van der Waals surface area contributed by atoms with Crippen LogP contribution in [0.25, 0.3) is 0 Å². The molecule has 262 valence electrons. The van der Waals surface area contributed by atoms with Crippen LogP contribution in [0.1, 0.15) is 71.9 Å². The van der Waals surface area contributed by atoms with Crippen molar-refractivity contribution in [1.29, 1.82) is 0 Å². The Morgan fingerprint density at radius 3 is 2.60 bits per heavy atom. The van der Waals surface area contributed by atoms with E-state index >= 15 is 0 Å². The van der Waals surface area contributed by atoms with Crippen LogP contribution < -0.4 is 0 Å². The van der Waals surface area contributed by atoms with Crippen LogP contribution >= 0.6 is 11.6 Å². The summed E-state index contributed by atoms with van der Waals surface area (Å²) < 4.78 is 7.96. The fourth-order valence-electron chi connectivity index (χ4n) is 7.85. The first-order chi connectivity index (χ1) is 24.5. The van der Waals surface area contributed by atoms with Crippen molar-refractivity contribution in [2.45, 2.75) is 82.8 Å². The number of piperazine rings is 1. The van der Waals surface area contributed by atoms with Gasteiger partial charge in [-0.15, -0.1) is 0 Å². The van der Waals surface area contributed by atoms with Crippen LogP contribution in [-0.2, 0) is 42.1 Å². The third kappa shape index (κ3) is 7.57. The van der Waals surface area contributed by atoms with Gasteiger partial charge in [-0.3, -0.25) is 19.6 Å². The van der Waals surface area contributed by atoms with Crippen LogP contribution in [0.3, 0.4) is 0 Å². The molecule has 10 nitrogen and oxygen atoms in total. The van der Waals surface area contributed by atoms with Crippen molar-refractivity contribution in [2.75, 3.05) is 26.2 Å². The standard InChI is InChI=1S/C39H45ClN6O4/c40-31-15-16-33-30(24-31)14-13-29-10-6-17-42-36(29)37(33)44-22-23-46(39(49)50-32-11-4-5-12-32)34(26-44)38(48)45(25-28-8-2-1-3-9-28)20-7-19-43-21-18-41-35(43)27-47/h1-3,6,8-10,15-18,21,24,32,34,37,47H,4-5,7,11-14,19-20,22-23,25-27H2/t34-,37+/m1/s1. The lowest BCUT2D eigenvalue weighted by Gasteiger charge is -2.45. The molecular formula is C39H45ClN6O4. The van der Waals surface area contributed by atoms with E-state index in [0.717, 1.165) is 55.3 Å². The number of halogens is 1. The summed E-state index contributed by atoms with van der Waals surface area (Å²) in [4.78, 5) is 43.9. The predicted octanol–water partition coefficient (Wildman–Crippen LogP) is 5.80. The number of hydrogen-bond donors (Lipinski definition) is 1. The van der Waals surface area contributed by atoms with E-state index < -0.39 is 12.1 Å². The summed E-state index contributed by atoms with van der Waals surface area (Å²) in [6.45, 7) is 2.59. The second-order valence-corrected chi connectivity index (χ2v) is 14.0. The third-order valence-electron chi connectivity index (χ3n) is 10.4. The van der Waals surface area contributed by atoms with Crippen molar-refractivity contribution in [3.05, 3.63) is 118 Å². The van der Waals surface area contributed by atoms with Crippen molar-refractivity contribution in [3.8, 4) is 0 Å². The number of nitrogens with zero attached hydrogens (tertiary/aromatic N) is 6. The van der Waals surface area contributed by atoms with Crippen LogP contribution in [0.5, 0.6) is 0 Å². The van der Waals surface area contributed by atoms with Gasteiger partial charge in [0.15, 0.2) is 0 Å². The van der Waals surface area contributed by atoms with E-state index in [1.807, 2.05) is 64.3 Å². The van der Waals surface area contributed by atoms with Crippen molar-refractivity contribution >= 4 is 23.6 Å². The Morgan fingerprint density at radius 2 is 1.78 bits per heavy atom. The van der Waals surface area contributed by atoms with Crippen LogP contribution in [0, 0.1) is 0 Å². The lowest BCUT2D eigenvalue weighted by molar-refractivity contribution is -0.140. The van der Waals surface area contributed by atoms with Gasteiger partial charge in [0, 0.05) is 62.9 Å². The molecule has 2 aliphatic carbocycles. The number of carbonyl (C=O) groups excluding carboxylic acids is 2. The van der Waals surface area contributed by atoms with Gasteiger partial charge < -0.3 is 19.3 Å². The number of hydrogen-bond acceptors (Lipinski definition) is 7. The average molecular weight is 697 g/mol. The lowest BCUT2D eigenvalue weighted by atomic mass is 9.95. The monoisotopic (exact) mass is 696 g/mol. The van der Waals surface area contributed by atoms with Gasteiger partial charge in [0.25, 0.3) is 0 Å². The highest BCUT2D eigenvalue weighted by Gasteiger charge is 2.43. The molecule has 1 saturated carbocycles. The minimum atomic E-state index is -0.756. The van der Waals surface area contributed by atoms with Crippen molar-refractivity contribution in [2.24, 2.45) is 0 Å². The van der Waals surface area contributed by atoms with E-state index in [1.165, 1.54) is 11.1 Å². The van der Waals surface area contributed by atoms with Gasteiger partial charge in [0.1, 0.15) is 24.6 Å². The van der Waals surface area contributed by atoms with Gasteiger partial charge in [-0.05, 0) is 85.4 Å². The van der Waals surface area contributed by atoms with Gasteiger partial charge >= 0.3 is 6.09 Å². The molecule has 7 rings (SSSR count). The highest BCUT2D eigenvalue weighted by molar-refractivity contribution is 6.30. The Hall–Kier alpha value is -4.25. The minimum absolute atomic E-state index is 0.109. The highest BCUT2D eigenvalue weighted by Crippen LogP contribution is 2.38. The fourth-order valence-corrected chi connectivity index (χ4v) is 8.04. The SMILES string of the molecule is O=C([C@H]1CN([C@H]2c3ccc(Cl)cc3CCc3cccnc32)CCN1C(=O)OC1CCCC1)N(CCCn1ccnc1CO)Cc1ccccc1. The first kappa shape index (κ1) is 34.2. The molecule has 1 saturated heterocycles. The lowest BCUT2D eigenvalue weighted by Crippen LogP contribution is -2.62. The van der Waals surface area contributed by atoms with E-state index in [4.69, 9.17) is 21.3 Å². The topological polar surface area (TPSA) is 104 Å². The molecular weight excluding hydrogens is 652 g/mol. The van der Waals surface area contributed by atoms with Gasteiger partial charge in [0.05, 0.1) is 11.7 Å². The largest absolute Gasteiger partial charge is 0.446 e. The predicted molar refractivity (Wildman–Crippen MR) is 190 cm³/mol. The van der Waals surface area contributed by atoms with Gasteiger partial charge in [0.2, 0.25) is 5.91 Å². The smallest absolute Gasteiger partial charge is 0.410 e. The number of aliphatic hydroxyl groups is 1. The summed E-state index contributed by atoms with van der Waals surface area (Å²) in [5.41, 5.74) is 5.51. The quantitative estimate of drug-likeness (QED) is 0.224. The summed E-state index contributed by atoms with van der Waals surface area (Å²) in [6.07, 6.45) is 11.0. The molecule has 0 radical (unpaired) electrons. The molecule has 0 unspecified atom stereocenters. The normalized spacial score (nSPS) is 19.4. The molecule has 2 amide bonds. The molecule has 0 spiro atoms. The average Bonchev–Trinajstić information content (AvgIpc) is 3.80. The molecule has 50 heavy (non-hydrogen) atoms. The van der Waals surface area contributed by atoms with Crippen LogP contribution in [-0.4, -0.2) is 84.7 Å². The first-order valence-electron chi connectivity index (χ1n) is 17.9. The van der Waals surface area contributed by atoms with E-state index in [2.05, 4.69) is 28.1 Å². The van der Waals surface area contributed by atoms with Gasteiger partial charge in [-0.2, -0.15) is 0 Å². The number of rotatable bonds is 10. The van der Waals surface area contributed by atoms with Crippen LogP contribution in [0.2, 0.25) is 5.02 Å². The number of imidazole rings is 1. The maximum absolute atomic E-state index is 15.0. The Labute approximate surface area is 298 Å². The van der Waals surface area contributed by atoms with E-state index in [9.17, 15) is 14.7 Å². The number of pyridine rings is 1. The molecule has 2 fully saturated rings. The van der Waals surface area contributed by atoms with Gasteiger partial charge in [-0.25, -0.2) is 9.78 Å². The van der Waals surface area contributed by atoms with Crippen LogP contribution in [0.15, 0.2) is 79.3 Å².